The number of hydrogen-bond acceptors (Lipinski definition) is 5. The number of hydrogen-bond donors (Lipinski definition) is 3. The molecule has 0 bridgehead atoms. The number of piperidine rings is 1. The molecule has 0 aromatic heterocycles. The highest BCUT2D eigenvalue weighted by Gasteiger charge is 2.45. The lowest BCUT2D eigenvalue weighted by atomic mass is 10.0. The zero-order valence-electron chi connectivity index (χ0n) is 15.2. The van der Waals surface area contributed by atoms with Gasteiger partial charge in [0.2, 0.25) is 11.8 Å². The fourth-order valence-electron chi connectivity index (χ4n) is 4.32. The average molecular weight is 392 g/mol. The van der Waals surface area contributed by atoms with Gasteiger partial charge in [0.25, 0.3) is 11.8 Å². The van der Waals surface area contributed by atoms with Crippen LogP contribution >= 0.6 is 0 Å². The van der Waals surface area contributed by atoms with Gasteiger partial charge < -0.3 is 16.0 Å². The maximum Gasteiger partial charge on any atom is 0.255 e. The number of fused-ring (bicyclic) bond motifs is 1. The van der Waals surface area contributed by atoms with Crippen LogP contribution in [0.4, 0.5) is 8.78 Å². The number of carbonyl (C=O) groups excluding carboxylic acids is 3. The number of imide groups is 1. The Morgan fingerprint density at radius 2 is 2.04 bits per heavy atom. The van der Waals surface area contributed by atoms with Gasteiger partial charge in [-0.05, 0) is 23.6 Å². The van der Waals surface area contributed by atoms with Crippen molar-refractivity contribution in [2.45, 2.75) is 62.8 Å². The molecule has 4 rings (SSSR count). The van der Waals surface area contributed by atoms with Crippen molar-refractivity contribution in [3.63, 3.8) is 0 Å². The van der Waals surface area contributed by atoms with Crippen LogP contribution in [0.15, 0.2) is 18.2 Å². The van der Waals surface area contributed by atoms with Crippen molar-refractivity contribution in [1.29, 1.82) is 0 Å². The molecule has 0 spiro atoms. The minimum atomic E-state index is -2.76. The van der Waals surface area contributed by atoms with E-state index in [1.165, 1.54) is 4.90 Å². The van der Waals surface area contributed by atoms with Crippen molar-refractivity contribution < 1.29 is 23.2 Å². The molecule has 3 amide bonds. The summed E-state index contributed by atoms with van der Waals surface area (Å²) < 4.78 is 27.1. The van der Waals surface area contributed by atoms with Crippen molar-refractivity contribution in [3.8, 4) is 0 Å². The fraction of sp³-hybridized carbons (Fsp3) is 0.526. The SMILES string of the molecule is N[C@@H]1CC(F)(F)C[C@@H]1NCc1cccc2c1CN(C1CCC(=O)NC1=O)C2=O. The topological polar surface area (TPSA) is 105 Å². The number of nitrogens with zero attached hydrogens (tertiary/aromatic N) is 1. The third-order valence-corrected chi connectivity index (χ3v) is 5.80. The first-order valence-corrected chi connectivity index (χ1v) is 9.37. The van der Waals surface area contributed by atoms with E-state index in [0.717, 1.165) is 11.1 Å². The normalized spacial score (nSPS) is 29.2. The highest BCUT2D eigenvalue weighted by molar-refractivity contribution is 6.05. The summed E-state index contributed by atoms with van der Waals surface area (Å²) in [6.07, 6.45) is -0.146. The van der Waals surface area contributed by atoms with E-state index in [0.29, 0.717) is 18.5 Å². The molecular weight excluding hydrogens is 370 g/mol. The van der Waals surface area contributed by atoms with Gasteiger partial charge in [0.05, 0.1) is 0 Å². The molecule has 3 aliphatic rings. The van der Waals surface area contributed by atoms with E-state index in [4.69, 9.17) is 5.73 Å². The van der Waals surface area contributed by atoms with Crippen LogP contribution < -0.4 is 16.4 Å². The predicted molar refractivity (Wildman–Crippen MR) is 95.3 cm³/mol. The van der Waals surface area contributed by atoms with Crippen LogP contribution in [0, 0.1) is 0 Å². The summed E-state index contributed by atoms with van der Waals surface area (Å²) in [5.74, 6) is -3.81. The molecule has 7 nitrogen and oxygen atoms in total. The van der Waals surface area contributed by atoms with Gasteiger partial charge in [0.1, 0.15) is 6.04 Å². The smallest absolute Gasteiger partial charge is 0.255 e. The molecule has 2 fully saturated rings. The van der Waals surface area contributed by atoms with Crippen LogP contribution in [0.5, 0.6) is 0 Å². The van der Waals surface area contributed by atoms with Crippen LogP contribution in [0.2, 0.25) is 0 Å². The lowest BCUT2D eigenvalue weighted by Gasteiger charge is -2.29. The van der Waals surface area contributed by atoms with E-state index >= 15 is 0 Å². The van der Waals surface area contributed by atoms with Crippen molar-refractivity contribution in [2.24, 2.45) is 5.73 Å². The molecule has 150 valence electrons. The quantitative estimate of drug-likeness (QED) is 0.653. The Hall–Kier alpha value is -2.39. The van der Waals surface area contributed by atoms with Gasteiger partial charge in [-0.1, -0.05) is 12.1 Å². The summed E-state index contributed by atoms with van der Waals surface area (Å²) in [5.41, 5.74) is 7.93. The molecular formula is C19H22F2N4O3. The Morgan fingerprint density at radius 3 is 2.71 bits per heavy atom. The van der Waals surface area contributed by atoms with Gasteiger partial charge in [0.15, 0.2) is 0 Å². The van der Waals surface area contributed by atoms with Crippen molar-refractivity contribution >= 4 is 17.7 Å². The molecule has 2 aliphatic heterocycles. The van der Waals surface area contributed by atoms with Crippen LogP contribution in [0.25, 0.3) is 0 Å². The molecule has 1 aromatic rings. The Morgan fingerprint density at radius 1 is 1.25 bits per heavy atom. The monoisotopic (exact) mass is 392 g/mol. The van der Waals surface area contributed by atoms with Crippen molar-refractivity contribution in [1.82, 2.24) is 15.5 Å². The number of carbonyl (C=O) groups is 3. The second-order valence-electron chi connectivity index (χ2n) is 7.76. The van der Waals surface area contributed by atoms with E-state index in [1.54, 1.807) is 12.1 Å². The van der Waals surface area contributed by atoms with Gasteiger partial charge >= 0.3 is 0 Å². The molecule has 2 heterocycles. The average Bonchev–Trinajstić information content (AvgIpc) is 3.09. The van der Waals surface area contributed by atoms with Gasteiger partial charge in [-0.25, -0.2) is 8.78 Å². The highest BCUT2D eigenvalue weighted by atomic mass is 19.3. The molecule has 1 aromatic carbocycles. The van der Waals surface area contributed by atoms with E-state index in [-0.39, 0.29) is 37.6 Å². The van der Waals surface area contributed by atoms with Crippen LogP contribution in [0.1, 0.15) is 47.2 Å². The lowest BCUT2D eigenvalue weighted by molar-refractivity contribution is -0.136. The van der Waals surface area contributed by atoms with Gasteiger partial charge in [-0.15, -0.1) is 0 Å². The second kappa shape index (κ2) is 6.89. The van der Waals surface area contributed by atoms with Gasteiger partial charge in [-0.2, -0.15) is 0 Å². The molecule has 9 heteroatoms. The Labute approximate surface area is 160 Å². The number of nitrogens with two attached hydrogens (primary N) is 1. The number of alkyl halides is 2. The standard InChI is InChI=1S/C19H22F2N4O3/c20-19(21)6-13(22)14(7-19)23-8-10-2-1-3-11-12(10)9-25(18(11)28)15-4-5-16(26)24-17(15)27/h1-3,13-15,23H,4-9,22H2,(H,24,26,27)/t13-,14+,15?/m1/s1. The molecule has 1 saturated carbocycles. The Balaban J connectivity index is 1.49. The van der Waals surface area contributed by atoms with Crippen LogP contribution in [-0.2, 0) is 22.7 Å². The van der Waals surface area contributed by atoms with Crippen LogP contribution in [-0.4, -0.2) is 46.7 Å². The minimum Gasteiger partial charge on any atom is -0.326 e. The zero-order valence-corrected chi connectivity index (χ0v) is 15.2. The summed E-state index contributed by atoms with van der Waals surface area (Å²) in [4.78, 5) is 37.8. The predicted octanol–water partition coefficient (Wildman–Crippen LogP) is 0.662. The maximum absolute atomic E-state index is 13.5. The number of halogens is 2. The largest absolute Gasteiger partial charge is 0.326 e. The Kier molecular flexibility index (Phi) is 4.67. The summed E-state index contributed by atoms with van der Waals surface area (Å²) in [7, 11) is 0. The molecule has 1 aliphatic carbocycles. The van der Waals surface area contributed by atoms with E-state index in [9.17, 15) is 23.2 Å². The lowest BCUT2D eigenvalue weighted by Crippen LogP contribution is -2.52. The molecule has 1 saturated heterocycles. The number of benzene rings is 1. The first-order valence-electron chi connectivity index (χ1n) is 9.37. The summed E-state index contributed by atoms with van der Waals surface area (Å²) in [6.45, 7) is 0.569. The first kappa shape index (κ1) is 18.9. The van der Waals surface area contributed by atoms with Gasteiger partial charge in [-0.3, -0.25) is 19.7 Å². The van der Waals surface area contributed by atoms with Gasteiger partial charge in [0, 0.05) is 50.0 Å². The van der Waals surface area contributed by atoms with E-state index in [1.807, 2.05) is 6.07 Å². The maximum atomic E-state index is 13.5. The summed E-state index contributed by atoms with van der Waals surface area (Å²) in [5, 5.41) is 5.37. The molecule has 1 unspecified atom stereocenters. The zero-order chi connectivity index (χ0) is 20.1. The van der Waals surface area contributed by atoms with E-state index in [2.05, 4.69) is 10.6 Å². The number of rotatable bonds is 4. The van der Waals surface area contributed by atoms with Crippen molar-refractivity contribution in [2.75, 3.05) is 0 Å². The van der Waals surface area contributed by atoms with Crippen LogP contribution in [0.3, 0.4) is 0 Å². The first-order chi connectivity index (χ1) is 13.2. The summed E-state index contributed by atoms with van der Waals surface area (Å²) >= 11 is 0. The third-order valence-electron chi connectivity index (χ3n) is 5.80. The minimum absolute atomic E-state index is 0.193. The fourth-order valence-corrected chi connectivity index (χ4v) is 4.32. The third kappa shape index (κ3) is 3.40. The molecule has 3 atom stereocenters. The number of amides is 3. The van der Waals surface area contributed by atoms with E-state index < -0.39 is 30.0 Å². The molecule has 0 radical (unpaired) electrons. The number of nitrogens with one attached hydrogen (secondary N) is 2. The van der Waals surface area contributed by atoms with Crippen molar-refractivity contribution in [3.05, 3.63) is 34.9 Å². The highest BCUT2D eigenvalue weighted by Crippen LogP contribution is 2.35. The molecule has 4 N–H and O–H groups in total. The second-order valence-corrected chi connectivity index (χ2v) is 7.76. The molecule has 28 heavy (non-hydrogen) atoms. The Bertz CT molecular complexity index is 844. The summed E-state index contributed by atoms with van der Waals surface area (Å²) in [6, 6.07) is 3.49.